The molecule has 3 aromatic rings. The lowest BCUT2D eigenvalue weighted by atomic mass is 10.2. The van der Waals surface area contributed by atoms with Crippen molar-refractivity contribution in [2.45, 2.75) is 13.3 Å². The number of halogens is 3. The Balaban J connectivity index is 1.52. The van der Waals surface area contributed by atoms with Crippen molar-refractivity contribution in [3.63, 3.8) is 0 Å². The van der Waals surface area contributed by atoms with E-state index < -0.39 is 0 Å². The van der Waals surface area contributed by atoms with Crippen LogP contribution in [0.5, 0.6) is 0 Å². The molecule has 0 aliphatic rings. The van der Waals surface area contributed by atoms with E-state index in [2.05, 4.69) is 4.98 Å². The summed E-state index contributed by atoms with van der Waals surface area (Å²) in [6.07, 6.45) is 0. The molecular weight excluding hydrogens is 371 g/mol. The van der Waals surface area contributed by atoms with Crippen molar-refractivity contribution in [3.8, 4) is 0 Å². The average Bonchev–Trinajstić information content (AvgIpc) is 2.88. The summed E-state index contributed by atoms with van der Waals surface area (Å²) in [6, 6.07) is 13.4. The van der Waals surface area contributed by atoms with E-state index >= 15 is 0 Å². The van der Waals surface area contributed by atoms with Crippen LogP contribution < -0.4 is 0 Å². The second-order valence-corrected chi connectivity index (χ2v) is 6.32. The lowest BCUT2D eigenvalue weighted by molar-refractivity contribution is 0.0149. The molecule has 24 heavy (non-hydrogen) atoms. The van der Waals surface area contributed by atoms with Crippen LogP contribution in [0.15, 0.2) is 42.5 Å². The molecule has 1 heterocycles. The molecule has 1 aromatic heterocycles. The molecule has 0 N–H and O–H groups in total. The van der Waals surface area contributed by atoms with Gasteiger partial charge in [-0.25, -0.2) is 4.98 Å². The fourth-order valence-electron chi connectivity index (χ4n) is 2.28. The molecular formula is C17H15Cl3N2O2. The molecule has 0 spiro atoms. The predicted molar refractivity (Wildman–Crippen MR) is 96.8 cm³/mol. The zero-order chi connectivity index (χ0) is 16.9. The molecule has 4 nitrogen and oxygen atoms in total. The van der Waals surface area contributed by atoms with Crippen LogP contribution in [0.4, 0.5) is 0 Å². The highest BCUT2D eigenvalue weighted by atomic mass is 35.5. The molecule has 0 bridgehead atoms. The first-order valence-electron chi connectivity index (χ1n) is 7.35. The van der Waals surface area contributed by atoms with Gasteiger partial charge in [0.2, 0.25) is 5.28 Å². The maximum atomic E-state index is 6.15. The summed E-state index contributed by atoms with van der Waals surface area (Å²) in [6.45, 7) is 1.74. The van der Waals surface area contributed by atoms with E-state index in [0.29, 0.717) is 40.7 Å². The van der Waals surface area contributed by atoms with Gasteiger partial charge < -0.3 is 9.47 Å². The van der Waals surface area contributed by atoms with Crippen LogP contribution in [-0.4, -0.2) is 22.8 Å². The monoisotopic (exact) mass is 384 g/mol. The zero-order valence-corrected chi connectivity index (χ0v) is 15.0. The Labute approximate surface area is 154 Å². The van der Waals surface area contributed by atoms with Crippen LogP contribution in [0.1, 0.15) is 5.56 Å². The van der Waals surface area contributed by atoms with Gasteiger partial charge in [-0.2, -0.15) is 0 Å². The van der Waals surface area contributed by atoms with E-state index in [1.165, 1.54) is 0 Å². The Morgan fingerprint density at radius 1 is 0.958 bits per heavy atom. The molecule has 0 amide bonds. The lowest BCUT2D eigenvalue weighted by Gasteiger charge is -2.08. The molecule has 0 radical (unpaired) electrons. The maximum Gasteiger partial charge on any atom is 0.205 e. The Bertz CT molecular complexity index is 822. The number of imidazole rings is 1. The van der Waals surface area contributed by atoms with Crippen LogP contribution in [0.25, 0.3) is 11.0 Å². The van der Waals surface area contributed by atoms with Gasteiger partial charge in [0.25, 0.3) is 0 Å². The molecule has 2 aromatic carbocycles. The third-order valence-electron chi connectivity index (χ3n) is 3.43. The summed E-state index contributed by atoms with van der Waals surface area (Å²) in [5.41, 5.74) is 2.48. The zero-order valence-electron chi connectivity index (χ0n) is 12.7. The van der Waals surface area contributed by atoms with Gasteiger partial charge in [-0.05, 0) is 29.3 Å². The fraction of sp³-hybridized carbons (Fsp3) is 0.235. The fourth-order valence-corrected chi connectivity index (χ4v) is 3.03. The van der Waals surface area contributed by atoms with Crippen LogP contribution >= 0.6 is 34.8 Å². The summed E-state index contributed by atoms with van der Waals surface area (Å²) >= 11 is 18.3. The van der Waals surface area contributed by atoms with E-state index in [1.54, 1.807) is 16.7 Å². The van der Waals surface area contributed by atoms with Crippen molar-refractivity contribution < 1.29 is 9.47 Å². The molecule has 0 saturated heterocycles. The second kappa shape index (κ2) is 8.19. The minimum atomic E-state index is 0.251. The Hall–Kier alpha value is -1.30. The van der Waals surface area contributed by atoms with Crippen molar-refractivity contribution in [1.82, 2.24) is 9.55 Å². The topological polar surface area (TPSA) is 36.3 Å². The SMILES string of the molecule is Clc1cc(Cl)c2nc(Cl)n(COCCOCc3ccccc3)c2c1. The van der Waals surface area contributed by atoms with Gasteiger partial charge in [-0.1, -0.05) is 53.5 Å². The third-order valence-corrected chi connectivity index (χ3v) is 4.22. The van der Waals surface area contributed by atoms with E-state index in [1.807, 2.05) is 30.3 Å². The van der Waals surface area contributed by atoms with Gasteiger partial charge in [-0.15, -0.1) is 0 Å². The van der Waals surface area contributed by atoms with Gasteiger partial charge in [-0.3, -0.25) is 4.57 Å². The normalized spacial score (nSPS) is 11.3. The molecule has 0 fully saturated rings. The maximum absolute atomic E-state index is 6.15. The smallest absolute Gasteiger partial charge is 0.205 e. The van der Waals surface area contributed by atoms with E-state index in [0.717, 1.165) is 11.1 Å². The van der Waals surface area contributed by atoms with Gasteiger partial charge in [0.05, 0.1) is 30.4 Å². The summed E-state index contributed by atoms with van der Waals surface area (Å²) in [5.74, 6) is 0. The summed E-state index contributed by atoms with van der Waals surface area (Å²) in [5, 5.41) is 1.29. The quantitative estimate of drug-likeness (QED) is 0.525. The van der Waals surface area contributed by atoms with Crippen molar-refractivity contribution >= 4 is 45.8 Å². The molecule has 0 aliphatic heterocycles. The number of benzene rings is 2. The first-order chi connectivity index (χ1) is 11.6. The van der Waals surface area contributed by atoms with E-state index in [-0.39, 0.29) is 6.73 Å². The number of aromatic nitrogens is 2. The Morgan fingerprint density at radius 2 is 1.71 bits per heavy atom. The van der Waals surface area contributed by atoms with Gasteiger partial charge >= 0.3 is 0 Å². The third kappa shape index (κ3) is 4.21. The number of fused-ring (bicyclic) bond motifs is 1. The van der Waals surface area contributed by atoms with Crippen molar-refractivity contribution in [1.29, 1.82) is 0 Å². The van der Waals surface area contributed by atoms with E-state index in [4.69, 9.17) is 44.3 Å². The molecule has 7 heteroatoms. The number of hydrogen-bond acceptors (Lipinski definition) is 3. The molecule has 126 valence electrons. The van der Waals surface area contributed by atoms with Gasteiger partial charge in [0, 0.05) is 5.02 Å². The van der Waals surface area contributed by atoms with Crippen molar-refractivity contribution in [2.24, 2.45) is 0 Å². The average molecular weight is 386 g/mol. The number of hydrogen-bond donors (Lipinski definition) is 0. The highest BCUT2D eigenvalue weighted by Crippen LogP contribution is 2.29. The van der Waals surface area contributed by atoms with Gasteiger partial charge in [0.1, 0.15) is 12.2 Å². The van der Waals surface area contributed by atoms with Crippen molar-refractivity contribution in [2.75, 3.05) is 13.2 Å². The second-order valence-electron chi connectivity index (χ2n) is 5.14. The van der Waals surface area contributed by atoms with E-state index in [9.17, 15) is 0 Å². The Morgan fingerprint density at radius 3 is 2.50 bits per heavy atom. The highest BCUT2D eigenvalue weighted by Gasteiger charge is 2.12. The molecule has 0 saturated carbocycles. The summed E-state index contributed by atoms with van der Waals surface area (Å²) in [7, 11) is 0. The first kappa shape index (κ1) is 17.5. The summed E-state index contributed by atoms with van der Waals surface area (Å²) < 4.78 is 12.9. The first-order valence-corrected chi connectivity index (χ1v) is 8.49. The summed E-state index contributed by atoms with van der Waals surface area (Å²) in [4.78, 5) is 4.24. The van der Waals surface area contributed by atoms with Crippen LogP contribution in [-0.2, 0) is 22.8 Å². The highest BCUT2D eigenvalue weighted by molar-refractivity contribution is 6.38. The van der Waals surface area contributed by atoms with Crippen LogP contribution in [0, 0.1) is 0 Å². The Kier molecular flexibility index (Phi) is 5.98. The number of rotatable bonds is 7. The minimum absolute atomic E-state index is 0.251. The largest absolute Gasteiger partial charge is 0.374 e. The standard InChI is InChI=1S/C17H15Cl3N2O2/c18-13-8-14(19)16-15(9-13)22(17(20)21-16)11-24-7-6-23-10-12-4-2-1-3-5-12/h1-5,8-9H,6-7,10-11H2. The number of ether oxygens (including phenoxy) is 2. The molecule has 0 aliphatic carbocycles. The lowest BCUT2D eigenvalue weighted by Crippen LogP contribution is -2.08. The minimum Gasteiger partial charge on any atom is -0.374 e. The molecule has 0 unspecified atom stereocenters. The van der Waals surface area contributed by atoms with Crippen LogP contribution in [0.2, 0.25) is 15.3 Å². The molecule has 0 atom stereocenters. The van der Waals surface area contributed by atoms with Crippen LogP contribution in [0.3, 0.4) is 0 Å². The molecule has 3 rings (SSSR count). The predicted octanol–water partition coefficient (Wildman–Crippen LogP) is 5.19. The number of nitrogens with zero attached hydrogens (tertiary/aromatic N) is 2. The van der Waals surface area contributed by atoms with Crippen molar-refractivity contribution in [3.05, 3.63) is 63.4 Å². The van der Waals surface area contributed by atoms with Gasteiger partial charge in [0.15, 0.2) is 0 Å².